The van der Waals surface area contributed by atoms with Gasteiger partial charge >= 0.3 is 0 Å². The fourth-order valence-corrected chi connectivity index (χ4v) is 4.58. The van der Waals surface area contributed by atoms with Crippen molar-refractivity contribution in [1.82, 2.24) is 14.9 Å². The van der Waals surface area contributed by atoms with Crippen LogP contribution in [0.4, 0.5) is 0 Å². The van der Waals surface area contributed by atoms with Crippen LogP contribution in [0.25, 0.3) is 0 Å². The van der Waals surface area contributed by atoms with E-state index in [0.29, 0.717) is 5.92 Å². The van der Waals surface area contributed by atoms with Gasteiger partial charge in [-0.2, -0.15) is 0 Å². The first kappa shape index (κ1) is 15.2. The number of fused-ring (bicyclic) bond motifs is 1. The summed E-state index contributed by atoms with van der Waals surface area (Å²) in [5.74, 6) is 0.471. The highest BCUT2D eigenvalue weighted by Gasteiger charge is 2.26. The van der Waals surface area contributed by atoms with Crippen LogP contribution in [0.15, 0.2) is 18.5 Å². The first-order valence-electron chi connectivity index (χ1n) is 8.47. The van der Waals surface area contributed by atoms with Crippen LogP contribution in [0.1, 0.15) is 39.0 Å². The van der Waals surface area contributed by atoms with Crippen LogP contribution in [0.5, 0.6) is 0 Å². The quantitative estimate of drug-likeness (QED) is 0.868. The molecule has 1 atom stereocenters. The van der Waals surface area contributed by atoms with Crippen LogP contribution in [0, 0.1) is 6.92 Å². The highest BCUT2D eigenvalue weighted by Crippen LogP contribution is 2.29. The lowest BCUT2D eigenvalue weighted by atomic mass is 9.96. The van der Waals surface area contributed by atoms with E-state index in [1.54, 1.807) is 6.33 Å². The van der Waals surface area contributed by atoms with Crippen molar-refractivity contribution >= 4 is 11.3 Å². The average molecular weight is 329 g/mol. The molecule has 0 aromatic carbocycles. The molecular formula is C18H23N3OS. The van der Waals surface area contributed by atoms with Gasteiger partial charge in [-0.3, -0.25) is 4.90 Å². The fraction of sp³-hybridized carbons (Fsp3) is 0.556. The van der Waals surface area contributed by atoms with Crippen molar-refractivity contribution in [3.05, 3.63) is 45.2 Å². The van der Waals surface area contributed by atoms with Gasteiger partial charge in [0.1, 0.15) is 6.33 Å². The zero-order valence-electron chi connectivity index (χ0n) is 13.6. The van der Waals surface area contributed by atoms with Gasteiger partial charge in [0.2, 0.25) is 0 Å². The minimum Gasteiger partial charge on any atom is -0.381 e. The molecule has 0 bridgehead atoms. The van der Waals surface area contributed by atoms with Crippen molar-refractivity contribution < 1.29 is 4.74 Å². The Morgan fingerprint density at radius 2 is 2.17 bits per heavy atom. The second kappa shape index (κ2) is 6.67. The molecule has 0 radical (unpaired) electrons. The normalized spacial score (nSPS) is 22.0. The summed E-state index contributed by atoms with van der Waals surface area (Å²) >= 11 is 1.91. The highest BCUT2D eigenvalue weighted by atomic mass is 32.1. The van der Waals surface area contributed by atoms with Gasteiger partial charge in [-0.05, 0) is 37.5 Å². The van der Waals surface area contributed by atoms with Crippen LogP contribution in [-0.4, -0.2) is 41.2 Å². The predicted octanol–water partition coefficient (Wildman–Crippen LogP) is 2.95. The molecule has 0 aliphatic carbocycles. The smallest absolute Gasteiger partial charge is 0.115 e. The summed E-state index contributed by atoms with van der Waals surface area (Å²) in [7, 11) is 0. The van der Waals surface area contributed by atoms with Crippen molar-refractivity contribution in [2.75, 3.05) is 26.3 Å². The molecular weight excluding hydrogens is 306 g/mol. The van der Waals surface area contributed by atoms with Crippen LogP contribution in [0.2, 0.25) is 0 Å². The monoisotopic (exact) mass is 329 g/mol. The SMILES string of the molecule is Cc1ccc(CN2CCc3ncnc(C4CCOC4)c3CC2)s1. The van der Waals surface area contributed by atoms with E-state index in [1.807, 2.05) is 11.3 Å². The minimum atomic E-state index is 0.471. The highest BCUT2D eigenvalue weighted by molar-refractivity contribution is 7.11. The van der Waals surface area contributed by atoms with E-state index < -0.39 is 0 Å². The van der Waals surface area contributed by atoms with E-state index in [1.165, 1.54) is 26.7 Å². The number of aryl methyl sites for hydroxylation is 1. The van der Waals surface area contributed by atoms with Crippen molar-refractivity contribution in [2.45, 2.75) is 38.6 Å². The van der Waals surface area contributed by atoms with Crippen molar-refractivity contribution in [3.63, 3.8) is 0 Å². The summed E-state index contributed by atoms with van der Waals surface area (Å²) in [6.07, 6.45) is 4.95. The Hall–Kier alpha value is -1.30. The number of nitrogens with zero attached hydrogens (tertiary/aromatic N) is 3. The number of hydrogen-bond acceptors (Lipinski definition) is 5. The third-order valence-corrected chi connectivity index (χ3v) is 5.89. The molecule has 5 heteroatoms. The van der Waals surface area contributed by atoms with Crippen molar-refractivity contribution in [3.8, 4) is 0 Å². The molecule has 4 heterocycles. The zero-order valence-corrected chi connectivity index (χ0v) is 14.4. The molecule has 122 valence electrons. The van der Waals surface area contributed by atoms with Gasteiger partial charge in [-0.25, -0.2) is 9.97 Å². The number of aromatic nitrogens is 2. The first-order chi connectivity index (χ1) is 11.3. The maximum absolute atomic E-state index is 5.57. The van der Waals surface area contributed by atoms with Crippen LogP contribution in [-0.2, 0) is 24.1 Å². The fourth-order valence-electron chi connectivity index (χ4n) is 3.65. The van der Waals surface area contributed by atoms with Gasteiger partial charge in [0.25, 0.3) is 0 Å². The predicted molar refractivity (Wildman–Crippen MR) is 92.0 cm³/mol. The van der Waals surface area contributed by atoms with Gasteiger partial charge in [-0.15, -0.1) is 11.3 Å². The van der Waals surface area contributed by atoms with Crippen molar-refractivity contribution in [1.29, 1.82) is 0 Å². The van der Waals surface area contributed by atoms with E-state index in [4.69, 9.17) is 4.74 Å². The minimum absolute atomic E-state index is 0.471. The second-order valence-electron chi connectivity index (χ2n) is 6.53. The van der Waals surface area contributed by atoms with E-state index in [0.717, 1.165) is 52.1 Å². The molecule has 2 aliphatic heterocycles. The molecule has 0 saturated carbocycles. The van der Waals surface area contributed by atoms with Crippen LogP contribution >= 0.6 is 11.3 Å². The largest absolute Gasteiger partial charge is 0.381 e. The lowest BCUT2D eigenvalue weighted by Gasteiger charge is -2.18. The van der Waals surface area contributed by atoms with Gasteiger partial charge in [0, 0.05) is 54.0 Å². The van der Waals surface area contributed by atoms with E-state index >= 15 is 0 Å². The summed E-state index contributed by atoms with van der Waals surface area (Å²) in [6.45, 7) is 7.11. The molecule has 1 unspecified atom stereocenters. The molecule has 23 heavy (non-hydrogen) atoms. The Balaban J connectivity index is 1.50. The number of thiophene rings is 1. The summed E-state index contributed by atoms with van der Waals surface area (Å²) in [6, 6.07) is 4.48. The summed E-state index contributed by atoms with van der Waals surface area (Å²) in [5.41, 5.74) is 3.90. The molecule has 4 nitrogen and oxygen atoms in total. The number of rotatable bonds is 3. The molecule has 0 amide bonds. The first-order valence-corrected chi connectivity index (χ1v) is 9.29. The van der Waals surface area contributed by atoms with Gasteiger partial charge in [0.05, 0.1) is 12.3 Å². The van der Waals surface area contributed by atoms with Crippen molar-refractivity contribution in [2.24, 2.45) is 0 Å². The Morgan fingerprint density at radius 3 is 2.96 bits per heavy atom. The molecule has 0 spiro atoms. The summed E-state index contributed by atoms with van der Waals surface area (Å²) in [5, 5.41) is 0. The van der Waals surface area contributed by atoms with Crippen LogP contribution < -0.4 is 0 Å². The van der Waals surface area contributed by atoms with E-state index in [9.17, 15) is 0 Å². The third-order valence-electron chi connectivity index (χ3n) is 4.90. The number of ether oxygens (including phenoxy) is 1. The maximum atomic E-state index is 5.57. The standard InChI is InChI=1S/C18H23N3OS/c1-13-2-3-15(23-13)10-21-7-4-16-17(5-8-21)19-12-20-18(16)14-6-9-22-11-14/h2-3,12,14H,4-11H2,1H3. The summed E-state index contributed by atoms with van der Waals surface area (Å²) in [4.78, 5) is 14.6. The van der Waals surface area contributed by atoms with E-state index in [-0.39, 0.29) is 0 Å². The molecule has 1 saturated heterocycles. The van der Waals surface area contributed by atoms with Gasteiger partial charge in [0.15, 0.2) is 0 Å². The van der Waals surface area contributed by atoms with E-state index in [2.05, 4.69) is 33.9 Å². The molecule has 2 aromatic heterocycles. The number of hydrogen-bond donors (Lipinski definition) is 0. The summed E-state index contributed by atoms with van der Waals surface area (Å²) < 4.78 is 5.57. The Bertz CT molecular complexity index is 679. The third kappa shape index (κ3) is 3.32. The Kier molecular flexibility index (Phi) is 4.42. The Labute approximate surface area is 141 Å². The lowest BCUT2D eigenvalue weighted by Crippen LogP contribution is -2.25. The molecule has 0 N–H and O–H groups in total. The molecule has 4 rings (SSSR count). The van der Waals surface area contributed by atoms with Crippen LogP contribution in [0.3, 0.4) is 0 Å². The Morgan fingerprint density at radius 1 is 1.26 bits per heavy atom. The lowest BCUT2D eigenvalue weighted by molar-refractivity contribution is 0.193. The van der Waals surface area contributed by atoms with Gasteiger partial charge < -0.3 is 4.74 Å². The topological polar surface area (TPSA) is 38.2 Å². The molecule has 2 aromatic rings. The zero-order chi connectivity index (χ0) is 15.6. The maximum Gasteiger partial charge on any atom is 0.115 e. The van der Waals surface area contributed by atoms with Gasteiger partial charge in [-0.1, -0.05) is 0 Å². The molecule has 2 aliphatic rings. The average Bonchev–Trinajstić information content (AvgIpc) is 3.17. The molecule has 1 fully saturated rings. The second-order valence-corrected chi connectivity index (χ2v) is 7.91.